The molecule has 190 valence electrons. The Morgan fingerprint density at radius 3 is 2.57 bits per heavy atom. The number of benzene rings is 2. The van der Waals surface area contributed by atoms with Crippen LogP contribution in [0, 0.1) is 5.89 Å². The van der Waals surface area contributed by atoms with E-state index in [2.05, 4.69) is 5.16 Å². The van der Waals surface area contributed by atoms with Gasteiger partial charge in [0.05, 0.1) is 11.3 Å². The minimum Gasteiger partial charge on any atom is -0.391 e. The molecule has 0 atom stereocenters. The van der Waals surface area contributed by atoms with Gasteiger partial charge in [-0.25, -0.2) is 0 Å². The highest BCUT2D eigenvalue weighted by molar-refractivity contribution is 5.98. The second kappa shape index (κ2) is 11.2. The Bertz CT molecular complexity index is 1710. The maximum Gasteiger partial charge on any atom is 0.416 e. The number of aryl methyl sites for hydroxylation is 1. The van der Waals surface area contributed by atoms with Crippen molar-refractivity contribution >= 4 is 5.71 Å². The van der Waals surface area contributed by atoms with Crippen molar-refractivity contribution in [2.24, 2.45) is 11.0 Å². The van der Waals surface area contributed by atoms with Gasteiger partial charge in [-0.3, -0.25) is 4.90 Å². The standard InChI is InChI=1S/C29H37F3N2O/c1-4-23-17-25(11-12-26(23)18-34-14-5-15-34)21(3)33-35-19-22-8-13-27(28(16-22)29(30,31)32)24-9-6-20(2)7-10-24/h8,11-13,16-17,20,24H,4-7,9-10,14-15,18-19H2,1-3H3/b33-21+/i5D,6D2,7D2,9D2,10D2,14D2,15D2,18D2,20D,24D. The van der Waals surface area contributed by atoms with Crippen molar-refractivity contribution in [1.82, 2.24) is 4.90 Å². The largest absolute Gasteiger partial charge is 0.416 e. The van der Waals surface area contributed by atoms with Gasteiger partial charge in [-0.15, -0.1) is 0 Å². The molecular formula is C29H37F3N2O. The molecule has 0 N–H and O–H groups in total. The minimum absolute atomic E-state index is 0.0562. The van der Waals surface area contributed by atoms with Gasteiger partial charge < -0.3 is 4.84 Å². The number of hydrogen-bond donors (Lipinski definition) is 0. The summed E-state index contributed by atoms with van der Waals surface area (Å²) in [6.45, 7) is -4.79. The lowest BCUT2D eigenvalue weighted by Crippen LogP contribution is -2.36. The lowest BCUT2D eigenvalue weighted by molar-refractivity contribution is -0.138. The molecule has 0 amide bonds. The predicted octanol–water partition coefficient (Wildman–Crippen LogP) is 7.71. The number of alkyl halides is 3. The first-order chi connectivity index (χ1) is 23.2. The van der Waals surface area contributed by atoms with Gasteiger partial charge in [-0.1, -0.05) is 56.0 Å². The molecule has 0 unspecified atom stereocenters. The molecule has 1 heterocycles. The molecule has 4 rings (SSSR count). The van der Waals surface area contributed by atoms with E-state index in [9.17, 15) is 13.2 Å². The maximum absolute atomic E-state index is 14.5. The van der Waals surface area contributed by atoms with Crippen molar-refractivity contribution in [3.63, 3.8) is 0 Å². The number of likely N-dealkylation sites (tertiary alicyclic amines) is 1. The fourth-order valence-corrected chi connectivity index (χ4v) is 3.43. The van der Waals surface area contributed by atoms with Crippen LogP contribution in [0.15, 0.2) is 41.6 Å². The van der Waals surface area contributed by atoms with E-state index >= 15 is 0 Å². The van der Waals surface area contributed by atoms with Gasteiger partial charge in [-0.2, -0.15) is 13.2 Å². The van der Waals surface area contributed by atoms with Gasteiger partial charge >= 0.3 is 6.18 Å². The summed E-state index contributed by atoms with van der Waals surface area (Å²) in [7, 11) is 0. The molecule has 2 fully saturated rings. The summed E-state index contributed by atoms with van der Waals surface area (Å²) in [5.74, 6) is -7.02. The highest BCUT2D eigenvalue weighted by Crippen LogP contribution is 2.42. The summed E-state index contributed by atoms with van der Waals surface area (Å²) in [4.78, 5) is 5.63. The van der Waals surface area contributed by atoms with Crippen molar-refractivity contribution in [1.29, 1.82) is 0 Å². The third-order valence-corrected chi connectivity index (χ3v) is 5.36. The molecule has 6 heteroatoms. The second-order valence-electron chi connectivity index (χ2n) is 7.90. The third kappa shape index (κ3) is 6.46. The van der Waals surface area contributed by atoms with E-state index in [-0.39, 0.29) is 23.3 Å². The molecule has 35 heavy (non-hydrogen) atoms. The van der Waals surface area contributed by atoms with Gasteiger partial charge in [0.2, 0.25) is 0 Å². The monoisotopic (exact) mass is 503 g/mol. The van der Waals surface area contributed by atoms with Crippen LogP contribution in [0.2, 0.25) is 0 Å². The molecule has 2 aromatic carbocycles. The molecule has 3 nitrogen and oxygen atoms in total. The summed E-state index contributed by atoms with van der Waals surface area (Å²) in [6.07, 6.45) is -22.1. The Labute approximate surface area is 231 Å². The maximum atomic E-state index is 14.5. The Kier molecular flexibility index (Phi) is 3.76. The molecule has 0 spiro atoms. The zero-order valence-corrected chi connectivity index (χ0v) is 19.4. The van der Waals surface area contributed by atoms with Crippen molar-refractivity contribution in [3.8, 4) is 0 Å². The predicted molar refractivity (Wildman–Crippen MR) is 135 cm³/mol. The van der Waals surface area contributed by atoms with Gasteiger partial charge in [0.1, 0.15) is 6.61 Å². The summed E-state index contributed by atoms with van der Waals surface area (Å²) in [5.41, 5.74) is -2.57. The van der Waals surface area contributed by atoms with Crippen LogP contribution in [0.3, 0.4) is 0 Å². The smallest absolute Gasteiger partial charge is 0.391 e. The van der Waals surface area contributed by atoms with Crippen LogP contribution in [0.5, 0.6) is 0 Å². The van der Waals surface area contributed by atoms with Crippen LogP contribution in [0.1, 0.15) is 115 Å². The molecular weight excluding hydrogens is 449 g/mol. The van der Waals surface area contributed by atoms with E-state index < -0.39 is 87.1 Å². The summed E-state index contributed by atoms with van der Waals surface area (Å²) >= 11 is 0. The quantitative estimate of drug-likeness (QED) is 0.272. The molecule has 2 aliphatic rings. The number of rotatable bonds is 8. The van der Waals surface area contributed by atoms with Crippen molar-refractivity contribution in [2.75, 3.05) is 13.0 Å². The van der Waals surface area contributed by atoms with Gasteiger partial charge in [0.25, 0.3) is 0 Å². The molecule has 0 radical (unpaired) electrons. The SMILES string of the molecule is [2H]C1C([2H])([2H])N(C([2H])([2H])c2ccc(/C(C)=N/OCc3ccc(C4([2H])C([2H])([2H])C([2H])([2H])C([2H])(C)C([2H])([2H])C4([2H])[2H])c(C(F)(F)F)c3)cc2CC)C1([2H])[2H]. The van der Waals surface area contributed by atoms with Crippen LogP contribution in [-0.2, 0) is 30.5 Å². The average molecular weight is 504 g/mol. The lowest BCUT2D eigenvalue weighted by atomic mass is 9.78. The Morgan fingerprint density at radius 2 is 1.89 bits per heavy atom. The zero-order chi connectivity index (χ0) is 40.3. The van der Waals surface area contributed by atoms with Gasteiger partial charge in [0.15, 0.2) is 0 Å². The molecule has 1 saturated heterocycles. The Hall–Kier alpha value is -2.34. The van der Waals surface area contributed by atoms with Crippen molar-refractivity contribution in [3.05, 3.63) is 69.8 Å². The number of oxime groups is 1. The van der Waals surface area contributed by atoms with Crippen LogP contribution < -0.4 is 0 Å². The second-order valence-corrected chi connectivity index (χ2v) is 7.90. The summed E-state index contributed by atoms with van der Waals surface area (Å²) in [5, 5.41) is 3.90. The topological polar surface area (TPSA) is 24.8 Å². The van der Waals surface area contributed by atoms with Crippen molar-refractivity contribution in [2.45, 2.75) is 84.3 Å². The van der Waals surface area contributed by atoms with E-state index in [1.54, 1.807) is 6.92 Å². The highest BCUT2D eigenvalue weighted by Gasteiger charge is 2.36. The lowest BCUT2D eigenvalue weighted by Gasteiger charge is -2.31. The fourth-order valence-electron chi connectivity index (χ4n) is 3.43. The molecule has 2 aromatic rings. The molecule has 0 bridgehead atoms. The summed E-state index contributed by atoms with van der Waals surface area (Å²) in [6, 6.07) is 6.13. The van der Waals surface area contributed by atoms with E-state index in [1.165, 1.54) is 25.1 Å². The third-order valence-electron chi connectivity index (χ3n) is 5.36. The van der Waals surface area contributed by atoms with Gasteiger partial charge in [0, 0.05) is 29.8 Å². The fraction of sp³-hybridized carbons (Fsp3) is 0.552. The number of nitrogens with zero attached hydrogens (tertiary/aromatic N) is 2. The van der Waals surface area contributed by atoms with E-state index in [4.69, 9.17) is 28.1 Å². The normalized spacial score (nSPS) is 42.6. The van der Waals surface area contributed by atoms with Crippen LogP contribution in [-0.4, -0.2) is 23.6 Å². The molecule has 1 aliphatic heterocycles. The first kappa shape index (κ1) is 11.8. The Balaban J connectivity index is 1.68. The summed E-state index contributed by atoms with van der Waals surface area (Å²) < 4.78 is 185. The van der Waals surface area contributed by atoms with E-state index in [0.717, 1.165) is 6.07 Å². The number of hydrogen-bond acceptors (Lipinski definition) is 3. The van der Waals surface area contributed by atoms with Crippen LogP contribution >= 0.6 is 0 Å². The average Bonchev–Trinajstić information content (AvgIpc) is 3.01. The minimum atomic E-state index is -5.37. The molecule has 0 aromatic heterocycles. The molecule has 1 saturated carbocycles. The number of halogens is 3. The molecule has 1 aliphatic carbocycles. The Morgan fingerprint density at radius 1 is 1.14 bits per heavy atom. The first-order valence-electron chi connectivity index (χ1n) is 19.5. The van der Waals surface area contributed by atoms with E-state index in [1.807, 2.05) is 0 Å². The van der Waals surface area contributed by atoms with Crippen LogP contribution in [0.25, 0.3) is 0 Å². The van der Waals surface area contributed by atoms with Gasteiger partial charge in [-0.05, 0) is 97.2 Å². The van der Waals surface area contributed by atoms with E-state index in [0.29, 0.717) is 35.1 Å². The first-order valence-corrected chi connectivity index (χ1v) is 10.9. The van der Waals surface area contributed by atoms with Crippen molar-refractivity contribution < 1.29 is 41.3 Å². The zero-order valence-electron chi connectivity index (χ0n) is 36.4. The van der Waals surface area contributed by atoms with Crippen LogP contribution in [0.4, 0.5) is 13.2 Å². The highest BCUT2D eigenvalue weighted by atomic mass is 19.4.